The van der Waals surface area contributed by atoms with Gasteiger partial charge in [0.1, 0.15) is 35.6 Å². The van der Waals surface area contributed by atoms with E-state index in [4.69, 9.17) is 20.6 Å². The first-order valence-corrected chi connectivity index (χ1v) is 6.10. The molecule has 2 aromatic rings. The van der Waals surface area contributed by atoms with Gasteiger partial charge in [0.15, 0.2) is 0 Å². The molecule has 0 radical (unpaired) electrons. The lowest BCUT2D eigenvalue weighted by Gasteiger charge is -2.11. The van der Waals surface area contributed by atoms with Crippen LogP contribution in [0, 0.1) is 17.0 Å². The Labute approximate surface area is 120 Å². The van der Waals surface area contributed by atoms with Crippen molar-refractivity contribution in [3.8, 4) is 11.5 Å². The van der Waals surface area contributed by atoms with E-state index in [0.29, 0.717) is 11.3 Å². The summed E-state index contributed by atoms with van der Waals surface area (Å²) in [5, 5.41) is 7.42. The van der Waals surface area contributed by atoms with Crippen LogP contribution in [0.4, 0.5) is 8.78 Å². The summed E-state index contributed by atoms with van der Waals surface area (Å²) in [4.78, 5) is 0. The van der Waals surface area contributed by atoms with Crippen molar-refractivity contribution in [2.24, 2.45) is 5.73 Å². The summed E-state index contributed by atoms with van der Waals surface area (Å²) in [5.74, 6) is -0.966. The van der Waals surface area contributed by atoms with Crippen LogP contribution in [0.15, 0.2) is 36.4 Å². The smallest absolute Gasteiger partial charge is 0.130 e. The van der Waals surface area contributed by atoms with Crippen molar-refractivity contribution in [2.75, 3.05) is 7.11 Å². The van der Waals surface area contributed by atoms with Crippen LogP contribution in [-0.4, -0.2) is 12.9 Å². The summed E-state index contributed by atoms with van der Waals surface area (Å²) < 4.78 is 36.5. The van der Waals surface area contributed by atoms with E-state index >= 15 is 0 Å². The minimum Gasteiger partial charge on any atom is -0.496 e. The molecule has 0 heterocycles. The summed E-state index contributed by atoms with van der Waals surface area (Å²) >= 11 is 0. The van der Waals surface area contributed by atoms with Crippen molar-refractivity contribution in [1.29, 1.82) is 5.41 Å². The van der Waals surface area contributed by atoms with Crippen LogP contribution >= 0.6 is 0 Å². The lowest BCUT2D eigenvalue weighted by Crippen LogP contribution is -2.12. The van der Waals surface area contributed by atoms with Crippen LogP contribution in [0.2, 0.25) is 0 Å². The molecule has 0 aliphatic rings. The van der Waals surface area contributed by atoms with Crippen molar-refractivity contribution in [3.63, 3.8) is 0 Å². The molecule has 0 aromatic heterocycles. The van der Waals surface area contributed by atoms with Crippen molar-refractivity contribution in [2.45, 2.75) is 6.61 Å². The number of rotatable bonds is 5. The van der Waals surface area contributed by atoms with Gasteiger partial charge in [-0.05, 0) is 17.7 Å². The summed E-state index contributed by atoms with van der Waals surface area (Å²) in [6.07, 6.45) is 0. The minimum atomic E-state index is -0.700. The maximum Gasteiger partial charge on any atom is 0.130 e. The number of ether oxygens (including phenoxy) is 2. The number of amidine groups is 1. The number of benzene rings is 2. The lowest BCUT2D eigenvalue weighted by atomic mass is 10.1. The molecule has 0 unspecified atom stereocenters. The zero-order valence-corrected chi connectivity index (χ0v) is 11.3. The molecule has 0 aliphatic heterocycles. The third kappa shape index (κ3) is 3.68. The predicted octanol–water partition coefficient (Wildman–Crippen LogP) is 2.84. The molecule has 0 aliphatic carbocycles. The first-order chi connectivity index (χ1) is 9.99. The number of hydrogen-bond acceptors (Lipinski definition) is 3. The van der Waals surface area contributed by atoms with Crippen LogP contribution < -0.4 is 15.2 Å². The molecule has 21 heavy (non-hydrogen) atoms. The van der Waals surface area contributed by atoms with Crippen molar-refractivity contribution >= 4 is 5.84 Å². The molecule has 0 saturated heterocycles. The Morgan fingerprint density at radius 3 is 2.38 bits per heavy atom. The fourth-order valence-corrected chi connectivity index (χ4v) is 1.83. The van der Waals surface area contributed by atoms with E-state index in [1.807, 2.05) is 0 Å². The van der Waals surface area contributed by atoms with Gasteiger partial charge in [0.05, 0.1) is 12.7 Å². The molecular weight excluding hydrogens is 278 g/mol. The fourth-order valence-electron chi connectivity index (χ4n) is 1.83. The number of hydrogen-bond donors (Lipinski definition) is 2. The van der Waals surface area contributed by atoms with E-state index < -0.39 is 11.6 Å². The third-order valence-electron chi connectivity index (χ3n) is 2.80. The summed E-state index contributed by atoms with van der Waals surface area (Å²) in [7, 11) is 1.47. The Bertz CT molecular complexity index is 654. The van der Waals surface area contributed by atoms with E-state index in [9.17, 15) is 8.78 Å². The Balaban J connectivity index is 2.14. The second kappa shape index (κ2) is 6.21. The van der Waals surface area contributed by atoms with Gasteiger partial charge in [0.2, 0.25) is 0 Å². The highest BCUT2D eigenvalue weighted by Crippen LogP contribution is 2.22. The van der Waals surface area contributed by atoms with E-state index in [1.165, 1.54) is 7.11 Å². The highest BCUT2D eigenvalue weighted by atomic mass is 19.1. The molecule has 6 heteroatoms. The standard InChI is InChI=1S/C15H14F2N2O2/c1-20-14-4-9(2-3-13(14)15(18)19)8-21-12-6-10(16)5-11(17)7-12/h2-7H,8H2,1H3,(H3,18,19). The van der Waals surface area contributed by atoms with Gasteiger partial charge in [-0.1, -0.05) is 6.07 Å². The van der Waals surface area contributed by atoms with Crippen LogP contribution in [0.3, 0.4) is 0 Å². The molecule has 110 valence electrons. The van der Waals surface area contributed by atoms with Gasteiger partial charge in [0.25, 0.3) is 0 Å². The van der Waals surface area contributed by atoms with Gasteiger partial charge < -0.3 is 15.2 Å². The van der Waals surface area contributed by atoms with E-state index in [-0.39, 0.29) is 18.2 Å². The van der Waals surface area contributed by atoms with Gasteiger partial charge in [-0.2, -0.15) is 0 Å². The Kier molecular flexibility index (Phi) is 4.37. The fraction of sp³-hybridized carbons (Fsp3) is 0.133. The molecule has 2 aromatic carbocycles. The topological polar surface area (TPSA) is 68.3 Å². The normalized spacial score (nSPS) is 10.2. The molecule has 4 nitrogen and oxygen atoms in total. The third-order valence-corrected chi connectivity index (χ3v) is 2.80. The average Bonchev–Trinajstić information content (AvgIpc) is 2.43. The van der Waals surface area contributed by atoms with Gasteiger partial charge in [-0.15, -0.1) is 0 Å². The van der Waals surface area contributed by atoms with Gasteiger partial charge in [-0.25, -0.2) is 8.78 Å². The Morgan fingerprint density at radius 2 is 1.81 bits per heavy atom. The molecular formula is C15H14F2N2O2. The van der Waals surface area contributed by atoms with Crippen molar-refractivity contribution < 1.29 is 18.3 Å². The van der Waals surface area contributed by atoms with Crippen LogP contribution in [0.1, 0.15) is 11.1 Å². The minimum absolute atomic E-state index is 0.0992. The van der Waals surface area contributed by atoms with Crippen LogP contribution in [0.5, 0.6) is 11.5 Å². The maximum atomic E-state index is 13.0. The highest BCUT2D eigenvalue weighted by molar-refractivity contribution is 5.97. The number of nitrogen functional groups attached to an aromatic ring is 1. The average molecular weight is 292 g/mol. The van der Waals surface area contributed by atoms with Crippen molar-refractivity contribution in [3.05, 3.63) is 59.2 Å². The SMILES string of the molecule is COc1cc(COc2cc(F)cc(F)c2)ccc1C(=N)N. The second-order valence-electron chi connectivity index (χ2n) is 4.34. The molecule has 0 atom stereocenters. The van der Waals surface area contributed by atoms with E-state index in [1.54, 1.807) is 18.2 Å². The predicted molar refractivity (Wildman–Crippen MR) is 74.7 cm³/mol. The lowest BCUT2D eigenvalue weighted by molar-refractivity contribution is 0.301. The molecule has 0 bridgehead atoms. The van der Waals surface area contributed by atoms with Crippen LogP contribution in [-0.2, 0) is 6.61 Å². The summed E-state index contributed by atoms with van der Waals surface area (Å²) in [5.41, 5.74) is 6.62. The molecule has 2 rings (SSSR count). The number of nitrogens with one attached hydrogen (secondary N) is 1. The van der Waals surface area contributed by atoms with Crippen LogP contribution in [0.25, 0.3) is 0 Å². The zero-order valence-electron chi connectivity index (χ0n) is 11.3. The quantitative estimate of drug-likeness (QED) is 0.657. The van der Waals surface area contributed by atoms with Crippen molar-refractivity contribution in [1.82, 2.24) is 0 Å². The number of halogens is 2. The first kappa shape index (κ1) is 14.8. The molecule has 0 fully saturated rings. The van der Waals surface area contributed by atoms with E-state index in [2.05, 4.69) is 0 Å². The van der Waals surface area contributed by atoms with Gasteiger partial charge in [-0.3, -0.25) is 5.41 Å². The van der Waals surface area contributed by atoms with Gasteiger partial charge in [0, 0.05) is 18.2 Å². The number of nitrogens with two attached hydrogens (primary N) is 1. The largest absolute Gasteiger partial charge is 0.496 e. The maximum absolute atomic E-state index is 13.0. The first-order valence-electron chi connectivity index (χ1n) is 6.10. The second-order valence-corrected chi connectivity index (χ2v) is 4.34. The zero-order chi connectivity index (χ0) is 15.4. The van der Waals surface area contributed by atoms with Gasteiger partial charge >= 0.3 is 0 Å². The Hall–Kier alpha value is -2.63. The Morgan fingerprint density at radius 1 is 1.14 bits per heavy atom. The molecule has 0 spiro atoms. The number of methoxy groups -OCH3 is 1. The molecule has 3 N–H and O–H groups in total. The summed E-state index contributed by atoms with van der Waals surface area (Å²) in [6, 6.07) is 7.97. The van der Waals surface area contributed by atoms with E-state index in [0.717, 1.165) is 23.8 Å². The monoisotopic (exact) mass is 292 g/mol. The molecule has 0 saturated carbocycles. The highest BCUT2D eigenvalue weighted by Gasteiger charge is 2.08. The molecule has 0 amide bonds. The summed E-state index contributed by atoms with van der Waals surface area (Å²) in [6.45, 7) is 0.109.